The van der Waals surface area contributed by atoms with Crippen LogP contribution < -0.4 is 14.2 Å². The van der Waals surface area contributed by atoms with E-state index in [1.807, 2.05) is 13.0 Å². The molecule has 0 spiro atoms. The molecule has 0 bridgehead atoms. The number of rotatable bonds is 7. The maximum absolute atomic E-state index is 12.0. The Morgan fingerprint density at radius 3 is 2.32 bits per heavy atom. The van der Waals surface area contributed by atoms with E-state index in [-0.39, 0.29) is 18.2 Å². The fourth-order valence-electron chi connectivity index (χ4n) is 2.80. The molecule has 1 aromatic heterocycles. The van der Waals surface area contributed by atoms with Crippen molar-refractivity contribution in [1.29, 1.82) is 0 Å². The van der Waals surface area contributed by atoms with Crippen molar-refractivity contribution in [3.05, 3.63) is 42.5 Å². The highest BCUT2D eigenvalue weighted by atomic mass is 16.5. The summed E-state index contributed by atoms with van der Waals surface area (Å²) < 4.78 is 17.4. The maximum atomic E-state index is 12.0. The van der Waals surface area contributed by atoms with Crippen molar-refractivity contribution in [2.75, 3.05) is 20.8 Å². The van der Waals surface area contributed by atoms with Crippen LogP contribution in [-0.2, 0) is 11.3 Å². The van der Waals surface area contributed by atoms with E-state index in [0.29, 0.717) is 29.2 Å². The van der Waals surface area contributed by atoms with Gasteiger partial charge in [-0.2, -0.15) is 0 Å². The number of aryl methyl sites for hydroxylation is 1. The lowest BCUT2D eigenvalue weighted by atomic mass is 10.2. The number of nitrogens with zero attached hydrogens (tertiary/aromatic N) is 3. The summed E-state index contributed by atoms with van der Waals surface area (Å²) in [5, 5.41) is 18.8. The second kappa shape index (κ2) is 8.43. The van der Waals surface area contributed by atoms with Crippen LogP contribution in [0.3, 0.4) is 0 Å². The normalized spacial score (nSPS) is 11.1. The van der Waals surface area contributed by atoms with Gasteiger partial charge in [0.15, 0.2) is 12.3 Å². The monoisotopic (exact) mass is 383 g/mol. The van der Waals surface area contributed by atoms with Crippen molar-refractivity contribution in [3.63, 3.8) is 0 Å². The molecule has 0 saturated heterocycles. The average Bonchev–Trinajstić information content (AvgIpc) is 3.00. The smallest absolute Gasteiger partial charge is 0.302 e. The van der Waals surface area contributed by atoms with E-state index < -0.39 is 5.91 Å². The highest BCUT2D eigenvalue weighted by molar-refractivity contribution is 5.96. The lowest BCUT2D eigenvalue weighted by molar-refractivity contribution is -0.120. The number of carbonyl (C=O) groups is 1. The van der Waals surface area contributed by atoms with Crippen LogP contribution in [0.1, 0.15) is 6.92 Å². The second-order valence-electron chi connectivity index (χ2n) is 5.86. The number of aromatic hydroxyl groups is 1. The van der Waals surface area contributed by atoms with E-state index in [4.69, 9.17) is 14.2 Å². The van der Waals surface area contributed by atoms with Gasteiger partial charge < -0.3 is 23.9 Å². The Hall–Kier alpha value is -3.55. The van der Waals surface area contributed by atoms with Gasteiger partial charge in [-0.1, -0.05) is 0 Å². The first-order valence-corrected chi connectivity index (χ1v) is 8.68. The highest BCUT2D eigenvalue weighted by Gasteiger charge is 2.17. The van der Waals surface area contributed by atoms with Crippen LogP contribution in [0.2, 0.25) is 0 Å². The molecule has 28 heavy (non-hydrogen) atoms. The summed E-state index contributed by atoms with van der Waals surface area (Å²) in [6.45, 7) is 2.17. The molecule has 8 nitrogen and oxygen atoms in total. The minimum Gasteiger partial charge on any atom is -0.497 e. The number of hydrogen-bond acceptors (Lipinski definition) is 6. The number of fused-ring (bicyclic) bond motifs is 1. The standard InChI is InChI=1S/C20H21N3O5/c1-4-23-17-10-9-15(27-3)11-16(17)19(20(23)25)22-21-18(24)12-28-14-7-5-13(26-2)6-8-14/h5-11,25H,4,12H2,1-3H3. The Morgan fingerprint density at radius 2 is 1.68 bits per heavy atom. The molecule has 8 heteroatoms. The highest BCUT2D eigenvalue weighted by Crippen LogP contribution is 2.40. The van der Waals surface area contributed by atoms with E-state index in [9.17, 15) is 9.90 Å². The molecule has 0 aliphatic rings. The number of ether oxygens (including phenoxy) is 3. The van der Waals surface area contributed by atoms with Crippen LogP contribution in [0.4, 0.5) is 5.69 Å². The maximum Gasteiger partial charge on any atom is 0.302 e. The van der Waals surface area contributed by atoms with Crippen molar-refractivity contribution >= 4 is 22.5 Å². The van der Waals surface area contributed by atoms with Crippen LogP contribution in [0.25, 0.3) is 10.9 Å². The Balaban J connectivity index is 1.77. The zero-order chi connectivity index (χ0) is 20.1. The molecule has 146 valence electrons. The summed E-state index contributed by atoms with van der Waals surface area (Å²) in [6, 6.07) is 12.2. The summed E-state index contributed by atoms with van der Waals surface area (Å²) in [4.78, 5) is 12.0. The Morgan fingerprint density at radius 1 is 1.04 bits per heavy atom. The fraction of sp³-hybridized carbons (Fsp3) is 0.250. The fourth-order valence-corrected chi connectivity index (χ4v) is 2.80. The molecule has 3 aromatic rings. The summed E-state index contributed by atoms with van der Waals surface area (Å²) >= 11 is 0. The van der Waals surface area contributed by atoms with Crippen LogP contribution >= 0.6 is 0 Å². The molecule has 1 N–H and O–H groups in total. The third-order valence-electron chi connectivity index (χ3n) is 4.22. The summed E-state index contributed by atoms with van der Waals surface area (Å²) in [5.41, 5.74) is 0.991. The Kier molecular flexibility index (Phi) is 5.78. The predicted molar refractivity (Wildman–Crippen MR) is 104 cm³/mol. The SMILES string of the molecule is CCn1c(O)c(N=NC(=O)COc2ccc(OC)cc2)c2cc(OC)ccc21. The van der Waals surface area contributed by atoms with Gasteiger partial charge in [-0.05, 0) is 49.4 Å². The zero-order valence-electron chi connectivity index (χ0n) is 15.9. The van der Waals surface area contributed by atoms with Crippen molar-refractivity contribution < 1.29 is 24.1 Å². The first-order chi connectivity index (χ1) is 13.6. The van der Waals surface area contributed by atoms with E-state index >= 15 is 0 Å². The lowest BCUT2D eigenvalue weighted by Gasteiger charge is -2.04. The van der Waals surface area contributed by atoms with E-state index in [1.54, 1.807) is 55.2 Å². The molecule has 0 radical (unpaired) electrons. The van der Waals surface area contributed by atoms with Crippen molar-refractivity contribution in [2.24, 2.45) is 10.2 Å². The number of aromatic nitrogens is 1. The zero-order valence-corrected chi connectivity index (χ0v) is 15.9. The topological polar surface area (TPSA) is 94.6 Å². The molecule has 0 aliphatic carbocycles. The molecule has 0 saturated carbocycles. The molecule has 1 amide bonds. The van der Waals surface area contributed by atoms with Crippen molar-refractivity contribution in [3.8, 4) is 23.1 Å². The summed E-state index contributed by atoms with van der Waals surface area (Å²) in [6.07, 6.45) is 0. The second-order valence-corrected chi connectivity index (χ2v) is 5.86. The first kappa shape index (κ1) is 19.2. The number of hydrogen-bond donors (Lipinski definition) is 1. The van der Waals surface area contributed by atoms with Gasteiger partial charge in [0, 0.05) is 11.9 Å². The number of carbonyl (C=O) groups excluding carboxylic acids is 1. The first-order valence-electron chi connectivity index (χ1n) is 8.68. The average molecular weight is 383 g/mol. The van der Waals surface area contributed by atoms with E-state index in [2.05, 4.69) is 10.2 Å². The van der Waals surface area contributed by atoms with Crippen molar-refractivity contribution in [2.45, 2.75) is 13.5 Å². The van der Waals surface area contributed by atoms with Crippen LogP contribution in [0, 0.1) is 0 Å². The Labute approximate surface area is 162 Å². The van der Waals surface area contributed by atoms with Crippen LogP contribution in [-0.4, -0.2) is 36.4 Å². The molecule has 2 aromatic carbocycles. The van der Waals surface area contributed by atoms with E-state index in [1.165, 1.54) is 0 Å². The van der Waals surface area contributed by atoms with Gasteiger partial charge in [0.25, 0.3) is 0 Å². The number of benzene rings is 2. The van der Waals surface area contributed by atoms with Gasteiger partial charge in [-0.25, -0.2) is 0 Å². The largest absolute Gasteiger partial charge is 0.497 e. The quantitative estimate of drug-likeness (QED) is 0.621. The lowest BCUT2D eigenvalue weighted by Crippen LogP contribution is -2.07. The molecular weight excluding hydrogens is 362 g/mol. The molecule has 0 aliphatic heterocycles. The summed E-state index contributed by atoms with van der Waals surface area (Å²) in [7, 11) is 3.12. The van der Waals surface area contributed by atoms with Gasteiger partial charge in [0.05, 0.1) is 19.7 Å². The molecule has 0 fully saturated rings. The van der Waals surface area contributed by atoms with Crippen LogP contribution in [0.15, 0.2) is 52.7 Å². The van der Waals surface area contributed by atoms with E-state index in [0.717, 1.165) is 5.52 Å². The predicted octanol–water partition coefficient (Wildman–Crippen LogP) is 4.07. The Bertz CT molecular complexity index is 1010. The molecule has 0 atom stereocenters. The van der Waals surface area contributed by atoms with Gasteiger partial charge in [0.2, 0.25) is 5.88 Å². The van der Waals surface area contributed by atoms with Gasteiger partial charge >= 0.3 is 5.91 Å². The molecular formula is C20H21N3O5. The molecule has 3 rings (SSSR count). The number of methoxy groups -OCH3 is 2. The van der Waals surface area contributed by atoms with Gasteiger partial charge in [0.1, 0.15) is 17.2 Å². The minimum atomic E-state index is -0.574. The molecule has 1 heterocycles. The number of amides is 1. The minimum absolute atomic E-state index is 0.0571. The summed E-state index contributed by atoms with van der Waals surface area (Å²) in [5.74, 6) is 1.19. The van der Waals surface area contributed by atoms with Gasteiger partial charge in [-0.15, -0.1) is 10.2 Å². The van der Waals surface area contributed by atoms with Crippen LogP contribution in [0.5, 0.6) is 23.1 Å². The third-order valence-corrected chi connectivity index (χ3v) is 4.22. The van der Waals surface area contributed by atoms with Gasteiger partial charge in [-0.3, -0.25) is 4.79 Å². The molecule has 0 unspecified atom stereocenters. The number of azo groups is 1. The third kappa shape index (κ3) is 3.90. The van der Waals surface area contributed by atoms with Crippen molar-refractivity contribution in [1.82, 2.24) is 4.57 Å².